The Balaban J connectivity index is 1.54. The van der Waals surface area contributed by atoms with E-state index in [4.69, 9.17) is 21.1 Å². The molecule has 35 heavy (non-hydrogen) atoms. The first-order chi connectivity index (χ1) is 17.0. The minimum atomic E-state index is -0.0976. The summed E-state index contributed by atoms with van der Waals surface area (Å²) in [4.78, 5) is 32.7. The summed E-state index contributed by atoms with van der Waals surface area (Å²) in [5.41, 5.74) is 2.73. The van der Waals surface area contributed by atoms with Crippen LogP contribution in [0, 0.1) is 0 Å². The van der Waals surface area contributed by atoms with E-state index < -0.39 is 0 Å². The molecule has 2 aromatic carbocycles. The van der Waals surface area contributed by atoms with E-state index in [1.165, 1.54) is 0 Å². The Kier molecular flexibility index (Phi) is 7.98. The number of ketones is 1. The number of H-pyrrole nitrogens is 1. The van der Waals surface area contributed by atoms with Gasteiger partial charge in [-0.25, -0.2) is 0 Å². The van der Waals surface area contributed by atoms with Crippen LogP contribution in [-0.2, 0) is 6.54 Å². The number of methoxy groups -OCH3 is 1. The molecule has 0 atom stereocenters. The largest absolute Gasteiger partial charge is 0.495 e. The number of nitrogens with one attached hydrogen (secondary N) is 1. The van der Waals surface area contributed by atoms with E-state index in [0.29, 0.717) is 35.2 Å². The Morgan fingerprint density at radius 2 is 1.83 bits per heavy atom. The molecule has 184 valence electrons. The number of carbonyl (C=O) groups is 2. The number of hydrogen-bond acceptors (Lipinski definition) is 5. The van der Waals surface area contributed by atoms with E-state index in [2.05, 4.69) is 4.98 Å². The molecule has 0 unspecified atom stereocenters. The summed E-state index contributed by atoms with van der Waals surface area (Å²) in [6, 6.07) is 14.9. The van der Waals surface area contributed by atoms with Gasteiger partial charge in [-0.2, -0.15) is 0 Å². The molecule has 8 heteroatoms. The van der Waals surface area contributed by atoms with Crippen molar-refractivity contribution in [2.45, 2.75) is 26.3 Å². The summed E-state index contributed by atoms with van der Waals surface area (Å²) in [7, 11) is 1.56. The summed E-state index contributed by atoms with van der Waals surface area (Å²) in [5, 5.41) is 0.467. The van der Waals surface area contributed by atoms with Crippen LogP contribution in [0.2, 0.25) is 5.02 Å². The van der Waals surface area contributed by atoms with Gasteiger partial charge in [-0.1, -0.05) is 23.7 Å². The first-order valence-corrected chi connectivity index (χ1v) is 12.2. The number of halogens is 1. The normalized spacial score (nSPS) is 13.1. The predicted molar refractivity (Wildman–Crippen MR) is 137 cm³/mol. The van der Waals surface area contributed by atoms with Crippen LogP contribution in [0.1, 0.15) is 46.2 Å². The Bertz CT molecular complexity index is 1170. The molecule has 0 radical (unpaired) electrons. The molecule has 0 spiro atoms. The van der Waals surface area contributed by atoms with Crippen LogP contribution < -0.4 is 14.4 Å². The quantitative estimate of drug-likeness (QED) is 0.391. The van der Waals surface area contributed by atoms with Crippen molar-refractivity contribution in [1.82, 2.24) is 9.88 Å². The van der Waals surface area contributed by atoms with Crippen molar-refractivity contribution in [1.29, 1.82) is 0 Å². The Morgan fingerprint density at radius 3 is 2.49 bits per heavy atom. The minimum absolute atomic E-state index is 0.0604. The first-order valence-electron chi connectivity index (χ1n) is 11.8. The fourth-order valence-electron chi connectivity index (χ4n) is 4.20. The fraction of sp³-hybridized carbons (Fsp3) is 0.333. The van der Waals surface area contributed by atoms with Gasteiger partial charge in [0.2, 0.25) is 0 Å². The van der Waals surface area contributed by atoms with Crippen LogP contribution in [0.4, 0.5) is 5.69 Å². The van der Waals surface area contributed by atoms with Crippen LogP contribution in [0.5, 0.6) is 11.5 Å². The molecule has 1 aliphatic heterocycles. The maximum Gasteiger partial charge on any atom is 0.270 e. The summed E-state index contributed by atoms with van der Waals surface area (Å²) < 4.78 is 10.8. The van der Waals surface area contributed by atoms with Gasteiger partial charge in [0.25, 0.3) is 5.91 Å². The van der Waals surface area contributed by atoms with Crippen molar-refractivity contribution in [3.8, 4) is 11.5 Å². The molecule has 1 N–H and O–H groups in total. The second-order valence-electron chi connectivity index (χ2n) is 8.48. The van der Waals surface area contributed by atoms with Gasteiger partial charge in [0.05, 0.1) is 25.3 Å². The molecule has 1 aromatic heterocycles. The van der Waals surface area contributed by atoms with Crippen molar-refractivity contribution in [2.24, 2.45) is 0 Å². The lowest BCUT2D eigenvalue weighted by atomic mass is 10.1. The fourth-order valence-corrected chi connectivity index (χ4v) is 4.45. The van der Waals surface area contributed by atoms with Crippen LogP contribution in [-0.4, -0.2) is 54.9 Å². The third-order valence-corrected chi connectivity index (χ3v) is 6.37. The molecule has 1 amide bonds. The Labute approximate surface area is 210 Å². The number of aromatic nitrogens is 1. The topological polar surface area (TPSA) is 74.9 Å². The summed E-state index contributed by atoms with van der Waals surface area (Å²) >= 11 is 6.39. The molecule has 7 nitrogen and oxygen atoms in total. The molecule has 1 saturated heterocycles. The average molecular weight is 496 g/mol. The van der Waals surface area contributed by atoms with Gasteiger partial charge >= 0.3 is 0 Å². The molecule has 0 saturated carbocycles. The third kappa shape index (κ3) is 5.98. The number of ether oxygens (including phenoxy) is 2. The highest BCUT2D eigenvalue weighted by atomic mass is 35.5. The maximum absolute atomic E-state index is 13.3. The number of amides is 1. The van der Waals surface area contributed by atoms with Gasteiger partial charge in [-0.05, 0) is 61.7 Å². The van der Waals surface area contributed by atoms with Crippen molar-refractivity contribution in [3.63, 3.8) is 0 Å². The van der Waals surface area contributed by atoms with Gasteiger partial charge in [-0.15, -0.1) is 0 Å². The number of anilines is 1. The maximum atomic E-state index is 13.3. The molecular weight excluding hydrogens is 466 g/mol. The molecule has 0 bridgehead atoms. The molecular formula is C27H30ClN3O4. The molecule has 0 aliphatic carbocycles. The number of carbonyl (C=O) groups excluding carboxylic acids is 2. The molecule has 2 heterocycles. The standard InChI is InChI=1S/C27H30ClN3O4/c1-3-35-22-9-6-19(7-10-22)17-31(21-8-11-26(34-2)23(28)15-21)18-25(32)20-14-24(29-16-20)27(33)30-12-4-5-13-30/h6-11,14-16,29H,3-5,12-13,17-18H2,1-2H3. The van der Waals surface area contributed by atoms with Gasteiger partial charge in [0.1, 0.15) is 17.2 Å². The highest BCUT2D eigenvalue weighted by Gasteiger charge is 2.23. The number of benzene rings is 2. The summed E-state index contributed by atoms with van der Waals surface area (Å²) in [5.74, 6) is 1.21. The lowest BCUT2D eigenvalue weighted by Gasteiger charge is -2.25. The molecule has 4 rings (SSSR count). The Hall–Kier alpha value is -3.45. The predicted octanol–water partition coefficient (Wildman–Crippen LogP) is 5.20. The van der Waals surface area contributed by atoms with Crippen molar-refractivity contribution in [3.05, 3.63) is 76.6 Å². The number of aromatic amines is 1. The highest BCUT2D eigenvalue weighted by Crippen LogP contribution is 2.30. The van der Waals surface area contributed by atoms with Crippen molar-refractivity contribution in [2.75, 3.05) is 38.3 Å². The highest BCUT2D eigenvalue weighted by molar-refractivity contribution is 6.32. The van der Waals surface area contributed by atoms with E-state index in [-0.39, 0.29) is 18.2 Å². The van der Waals surface area contributed by atoms with Crippen LogP contribution in [0.25, 0.3) is 0 Å². The zero-order valence-electron chi connectivity index (χ0n) is 20.1. The smallest absolute Gasteiger partial charge is 0.270 e. The molecule has 3 aromatic rings. The van der Waals surface area contributed by atoms with E-state index in [0.717, 1.165) is 42.9 Å². The number of likely N-dealkylation sites (tertiary alicyclic amines) is 1. The van der Waals surface area contributed by atoms with E-state index >= 15 is 0 Å². The van der Waals surface area contributed by atoms with E-state index in [1.54, 1.807) is 31.5 Å². The van der Waals surface area contributed by atoms with Gasteiger partial charge in [-0.3, -0.25) is 9.59 Å². The van der Waals surface area contributed by atoms with Crippen LogP contribution in [0.3, 0.4) is 0 Å². The lowest BCUT2D eigenvalue weighted by molar-refractivity contribution is 0.0787. The summed E-state index contributed by atoms with van der Waals surface area (Å²) in [6.07, 6.45) is 3.65. The number of hydrogen-bond donors (Lipinski definition) is 1. The molecule has 1 fully saturated rings. The Morgan fingerprint density at radius 1 is 1.09 bits per heavy atom. The monoisotopic (exact) mass is 495 g/mol. The van der Waals surface area contributed by atoms with Crippen molar-refractivity contribution < 1.29 is 19.1 Å². The lowest BCUT2D eigenvalue weighted by Crippen LogP contribution is -2.29. The second-order valence-corrected chi connectivity index (χ2v) is 8.88. The zero-order valence-corrected chi connectivity index (χ0v) is 20.8. The SMILES string of the molecule is CCOc1ccc(CN(CC(=O)c2c[nH]c(C(=O)N3CCCC3)c2)c2ccc(OC)c(Cl)c2)cc1. The van der Waals surface area contributed by atoms with Crippen LogP contribution in [0.15, 0.2) is 54.7 Å². The summed E-state index contributed by atoms with van der Waals surface area (Å²) in [6.45, 7) is 4.67. The van der Waals surface area contributed by atoms with Gasteiger partial charge in [0, 0.05) is 37.1 Å². The molecule has 1 aliphatic rings. The number of Topliss-reactive ketones (excluding diaryl/α,β-unsaturated/α-hetero) is 1. The van der Waals surface area contributed by atoms with E-state index in [1.807, 2.05) is 47.1 Å². The minimum Gasteiger partial charge on any atom is -0.495 e. The van der Waals surface area contributed by atoms with Gasteiger partial charge < -0.3 is 24.3 Å². The average Bonchev–Trinajstić information content (AvgIpc) is 3.57. The van der Waals surface area contributed by atoms with Crippen LogP contribution >= 0.6 is 11.6 Å². The second kappa shape index (κ2) is 11.3. The van der Waals surface area contributed by atoms with E-state index in [9.17, 15) is 9.59 Å². The number of rotatable bonds is 10. The first kappa shape index (κ1) is 24.7. The van der Waals surface area contributed by atoms with Gasteiger partial charge in [0.15, 0.2) is 5.78 Å². The zero-order chi connectivity index (χ0) is 24.8. The number of nitrogens with zero attached hydrogens (tertiary/aromatic N) is 2. The van der Waals surface area contributed by atoms with Crippen molar-refractivity contribution >= 4 is 29.0 Å². The third-order valence-electron chi connectivity index (χ3n) is 6.07.